The maximum absolute atomic E-state index is 10.3. The number of ether oxygens (including phenoxy) is 2. The summed E-state index contributed by atoms with van der Waals surface area (Å²) in [7, 11) is 0. The summed E-state index contributed by atoms with van der Waals surface area (Å²) in [5, 5.41) is 10.3. The van der Waals surface area contributed by atoms with Crippen LogP contribution >= 0.6 is 0 Å². The fourth-order valence-corrected chi connectivity index (χ4v) is 9.66. The molecule has 6 aliphatic rings. The summed E-state index contributed by atoms with van der Waals surface area (Å²) in [4.78, 5) is 0. The van der Waals surface area contributed by atoms with Crippen molar-refractivity contribution < 1.29 is 58.6 Å². The summed E-state index contributed by atoms with van der Waals surface area (Å²) in [5.41, 5.74) is 2.31. The molecule has 1 radical (unpaired) electrons. The average molecular weight is 642 g/mol. The van der Waals surface area contributed by atoms with Crippen LogP contribution in [-0.4, -0.2) is 29.7 Å². The van der Waals surface area contributed by atoms with Gasteiger partial charge in [0.25, 0.3) is 0 Å². The standard InChI is InChI=1S/C27H42O3.Ac/c1-16-7-12-27(29-15-16)17(2)24-23(30-27)14-22-20-6-5-18-13-19(28)8-10-25(18,3)21(20)9-11-26(22,24)4;/h5,16-17,19-24,28H,6-15H2,1-4H3;/t16?,17?,19?,20?,21?,22?,23?,24?,25-,26-,27?;/m0./s1. The molecule has 0 bridgehead atoms. The molecule has 5 fully saturated rings. The van der Waals surface area contributed by atoms with Crippen LogP contribution in [0, 0.1) is 90.4 Å². The van der Waals surface area contributed by atoms with E-state index in [9.17, 15) is 5.11 Å². The van der Waals surface area contributed by atoms with Crippen LogP contribution in [0.1, 0.15) is 85.5 Å². The summed E-state index contributed by atoms with van der Waals surface area (Å²) in [6.07, 6.45) is 13.5. The van der Waals surface area contributed by atoms with Crippen LogP contribution in [0.3, 0.4) is 0 Å². The monoisotopic (exact) mass is 641 g/mol. The molecule has 2 saturated heterocycles. The molecule has 2 aliphatic heterocycles. The minimum absolute atomic E-state index is 0. The van der Waals surface area contributed by atoms with Gasteiger partial charge in [0.2, 0.25) is 0 Å². The van der Waals surface area contributed by atoms with Crippen molar-refractivity contribution in [2.75, 3.05) is 6.61 Å². The quantitative estimate of drug-likeness (QED) is 0.345. The Labute approximate surface area is 225 Å². The number of fused-ring (bicyclic) bond motifs is 7. The first-order chi connectivity index (χ1) is 14.3. The second-order valence-electron chi connectivity index (χ2n) is 12.7. The molecule has 4 heteroatoms. The third-order valence-corrected chi connectivity index (χ3v) is 11.3. The molecule has 1 spiro atoms. The van der Waals surface area contributed by atoms with E-state index in [1.807, 2.05) is 0 Å². The van der Waals surface area contributed by atoms with Gasteiger partial charge >= 0.3 is 0 Å². The number of rotatable bonds is 0. The first-order valence-electron chi connectivity index (χ1n) is 13.0. The molecule has 3 nitrogen and oxygen atoms in total. The zero-order chi connectivity index (χ0) is 20.9. The first-order valence-corrected chi connectivity index (χ1v) is 13.0. The summed E-state index contributed by atoms with van der Waals surface area (Å²) in [6.45, 7) is 10.8. The van der Waals surface area contributed by atoms with Crippen LogP contribution in [0.25, 0.3) is 0 Å². The fraction of sp³-hybridized carbons (Fsp3) is 0.926. The van der Waals surface area contributed by atoms with Crippen molar-refractivity contribution in [1.29, 1.82) is 0 Å². The molecule has 31 heavy (non-hydrogen) atoms. The number of aliphatic hydroxyl groups is 1. The second-order valence-corrected chi connectivity index (χ2v) is 12.7. The van der Waals surface area contributed by atoms with E-state index in [-0.39, 0.29) is 56.0 Å². The number of hydrogen-bond donors (Lipinski definition) is 1. The molecule has 9 unspecified atom stereocenters. The van der Waals surface area contributed by atoms with Crippen molar-refractivity contribution in [3.8, 4) is 0 Å². The number of allylic oxidation sites excluding steroid dienone is 1. The van der Waals surface area contributed by atoms with Gasteiger partial charge in [-0.15, -0.1) is 0 Å². The van der Waals surface area contributed by atoms with Gasteiger partial charge in [-0.2, -0.15) is 0 Å². The number of aliphatic hydroxyl groups excluding tert-OH is 1. The van der Waals surface area contributed by atoms with E-state index in [1.54, 1.807) is 5.57 Å². The zero-order valence-electron chi connectivity index (χ0n) is 20.1. The van der Waals surface area contributed by atoms with Crippen molar-refractivity contribution in [1.82, 2.24) is 0 Å². The van der Waals surface area contributed by atoms with Crippen LogP contribution in [0.2, 0.25) is 0 Å². The Kier molecular flexibility index (Phi) is 6.17. The second kappa shape index (κ2) is 8.05. The Morgan fingerprint density at radius 1 is 1.03 bits per heavy atom. The molecular formula is C27H42AcO3. The van der Waals surface area contributed by atoms with Crippen molar-refractivity contribution in [2.45, 2.75) is 103 Å². The van der Waals surface area contributed by atoms with Crippen LogP contribution < -0.4 is 0 Å². The normalized spacial score (nSPS) is 57.9. The topological polar surface area (TPSA) is 38.7 Å². The van der Waals surface area contributed by atoms with Gasteiger partial charge in [0, 0.05) is 56.4 Å². The molecule has 0 amide bonds. The van der Waals surface area contributed by atoms with Gasteiger partial charge in [-0.1, -0.05) is 39.3 Å². The molecule has 3 saturated carbocycles. The molecule has 11 atom stereocenters. The summed E-state index contributed by atoms with van der Waals surface area (Å²) in [6, 6.07) is 0. The molecule has 2 heterocycles. The largest absolute Gasteiger partial charge is 0.393 e. The van der Waals surface area contributed by atoms with Gasteiger partial charge in [-0.3, -0.25) is 0 Å². The third-order valence-electron chi connectivity index (χ3n) is 11.3. The van der Waals surface area contributed by atoms with Gasteiger partial charge in [0.15, 0.2) is 5.79 Å². The van der Waals surface area contributed by atoms with E-state index in [4.69, 9.17) is 9.47 Å². The molecule has 1 N–H and O–H groups in total. The Bertz CT molecular complexity index is 743. The van der Waals surface area contributed by atoms with E-state index in [0.29, 0.717) is 34.7 Å². The minimum Gasteiger partial charge on any atom is -0.393 e. The molecule has 0 aromatic heterocycles. The van der Waals surface area contributed by atoms with Gasteiger partial charge < -0.3 is 14.6 Å². The molecule has 171 valence electrons. The Balaban J connectivity index is 0.00000204. The predicted molar refractivity (Wildman–Crippen MR) is 118 cm³/mol. The minimum atomic E-state index is -0.294. The van der Waals surface area contributed by atoms with E-state index in [1.165, 1.54) is 38.5 Å². The molecule has 4 aliphatic carbocycles. The van der Waals surface area contributed by atoms with Crippen molar-refractivity contribution >= 4 is 0 Å². The molecule has 0 aromatic carbocycles. The van der Waals surface area contributed by atoms with Crippen LogP contribution in [0.4, 0.5) is 0 Å². The number of hydrogen-bond acceptors (Lipinski definition) is 3. The average Bonchev–Trinajstić information content (AvgIpc) is 3.16. The molecular weight excluding hydrogens is 599 g/mol. The van der Waals surface area contributed by atoms with E-state index < -0.39 is 0 Å². The van der Waals surface area contributed by atoms with Crippen LogP contribution in [0.5, 0.6) is 0 Å². The van der Waals surface area contributed by atoms with Gasteiger partial charge in [0.1, 0.15) is 0 Å². The maximum Gasteiger partial charge on any atom is 0.171 e. The predicted octanol–water partition coefficient (Wildman–Crippen LogP) is 5.71. The molecule has 0 aromatic rings. The first kappa shape index (κ1) is 23.8. The van der Waals surface area contributed by atoms with E-state index >= 15 is 0 Å². The Morgan fingerprint density at radius 2 is 1.84 bits per heavy atom. The van der Waals surface area contributed by atoms with Gasteiger partial charge in [0.05, 0.1) is 18.8 Å². The molecule has 6 rings (SSSR count). The Morgan fingerprint density at radius 3 is 2.58 bits per heavy atom. The van der Waals surface area contributed by atoms with Crippen LogP contribution in [0.15, 0.2) is 11.6 Å². The van der Waals surface area contributed by atoms with E-state index in [0.717, 1.165) is 43.6 Å². The SMILES string of the molecule is CC1CCC2(OC1)OC1CC3C4CC=C5CC(O)CC[C@]5(C)C4CC[C@]3(C)C1C2C.[Ac]. The summed E-state index contributed by atoms with van der Waals surface area (Å²) >= 11 is 0. The zero-order valence-corrected chi connectivity index (χ0v) is 24.9. The van der Waals surface area contributed by atoms with Crippen molar-refractivity contribution in [3.63, 3.8) is 0 Å². The smallest absolute Gasteiger partial charge is 0.171 e. The van der Waals surface area contributed by atoms with Crippen molar-refractivity contribution in [3.05, 3.63) is 11.6 Å². The van der Waals surface area contributed by atoms with Gasteiger partial charge in [-0.05, 0) is 91.8 Å². The fourth-order valence-electron chi connectivity index (χ4n) is 9.66. The third kappa shape index (κ3) is 3.31. The van der Waals surface area contributed by atoms with Crippen LogP contribution in [-0.2, 0) is 9.47 Å². The van der Waals surface area contributed by atoms with Crippen molar-refractivity contribution in [2.24, 2.45) is 46.3 Å². The van der Waals surface area contributed by atoms with Gasteiger partial charge in [-0.25, -0.2) is 0 Å². The summed E-state index contributed by atoms with van der Waals surface area (Å²) in [5.74, 6) is 3.94. The Hall–Kier alpha value is 1.06. The summed E-state index contributed by atoms with van der Waals surface area (Å²) < 4.78 is 13.3. The maximum atomic E-state index is 10.3. The van der Waals surface area contributed by atoms with E-state index in [2.05, 4.69) is 33.8 Å².